The van der Waals surface area contributed by atoms with Gasteiger partial charge in [0, 0.05) is 36.8 Å². The molecule has 1 amide bonds. The average molecular weight is 477 g/mol. The van der Waals surface area contributed by atoms with Gasteiger partial charge in [-0.1, -0.05) is 6.07 Å². The van der Waals surface area contributed by atoms with Gasteiger partial charge in [-0.3, -0.25) is 9.69 Å². The molecule has 2 aromatic rings. The van der Waals surface area contributed by atoms with Gasteiger partial charge in [0.1, 0.15) is 6.10 Å². The highest BCUT2D eigenvalue weighted by Crippen LogP contribution is 2.66. The maximum absolute atomic E-state index is 13.2. The van der Waals surface area contributed by atoms with Crippen molar-refractivity contribution in [3.63, 3.8) is 0 Å². The summed E-state index contributed by atoms with van der Waals surface area (Å²) in [4.78, 5) is 17.5. The molecule has 1 aromatic heterocycles. The highest BCUT2D eigenvalue weighted by Gasteiger charge is 2.73. The summed E-state index contributed by atoms with van der Waals surface area (Å²) in [5, 5.41) is 23.3. The van der Waals surface area contributed by atoms with E-state index in [0.717, 1.165) is 43.0 Å². The first-order valence-electron chi connectivity index (χ1n) is 12.9. The van der Waals surface area contributed by atoms with Crippen molar-refractivity contribution in [2.24, 2.45) is 5.92 Å². The lowest BCUT2D eigenvalue weighted by Gasteiger charge is -2.64. The SMILES string of the molecule is CN(C(=O)C=Cc1ccoc1)C1CC[C@@]2(O)C3Cc4ccc(O)c5c4[C@@]2(CCN3CC2CC2)C1O5. The molecular formula is C28H32N2O5. The Morgan fingerprint density at radius 1 is 1.26 bits per heavy atom. The van der Waals surface area contributed by atoms with Crippen molar-refractivity contribution in [3.05, 3.63) is 53.5 Å². The molecule has 2 saturated carbocycles. The molecule has 5 atom stereocenters. The van der Waals surface area contributed by atoms with Crippen LogP contribution in [0.3, 0.4) is 0 Å². The van der Waals surface area contributed by atoms with E-state index < -0.39 is 17.1 Å². The van der Waals surface area contributed by atoms with Crippen LogP contribution in [0.1, 0.15) is 48.8 Å². The van der Waals surface area contributed by atoms with Gasteiger partial charge in [0.15, 0.2) is 11.5 Å². The van der Waals surface area contributed by atoms with Gasteiger partial charge in [0.05, 0.1) is 29.6 Å². The maximum Gasteiger partial charge on any atom is 0.246 e. The lowest BCUT2D eigenvalue weighted by molar-refractivity contribution is -0.200. The second-order valence-electron chi connectivity index (χ2n) is 11.2. The van der Waals surface area contributed by atoms with E-state index in [9.17, 15) is 15.0 Å². The lowest BCUT2D eigenvalue weighted by Crippen LogP contribution is -2.78. The molecule has 0 radical (unpaired) electrons. The molecule has 3 heterocycles. The Kier molecular flexibility index (Phi) is 4.53. The molecule has 1 aromatic carbocycles. The maximum atomic E-state index is 13.2. The Balaban J connectivity index is 1.28. The number of furan rings is 1. The molecule has 2 bridgehead atoms. The monoisotopic (exact) mass is 476 g/mol. The van der Waals surface area contributed by atoms with Gasteiger partial charge < -0.3 is 24.3 Å². The van der Waals surface area contributed by atoms with Gasteiger partial charge in [-0.15, -0.1) is 0 Å². The number of aliphatic hydroxyl groups is 1. The fourth-order valence-corrected chi connectivity index (χ4v) is 7.67. The van der Waals surface area contributed by atoms with Gasteiger partial charge in [-0.2, -0.15) is 0 Å². The van der Waals surface area contributed by atoms with Crippen LogP contribution >= 0.6 is 0 Å². The van der Waals surface area contributed by atoms with Crippen LogP contribution in [0.5, 0.6) is 11.5 Å². The molecule has 2 aliphatic heterocycles. The quantitative estimate of drug-likeness (QED) is 0.645. The van der Waals surface area contributed by atoms with E-state index in [1.165, 1.54) is 18.4 Å². The van der Waals surface area contributed by atoms with E-state index in [2.05, 4.69) is 4.90 Å². The van der Waals surface area contributed by atoms with Gasteiger partial charge in [-0.25, -0.2) is 0 Å². The fourth-order valence-electron chi connectivity index (χ4n) is 7.67. The number of phenols is 1. The summed E-state index contributed by atoms with van der Waals surface area (Å²) >= 11 is 0. The number of hydrogen-bond donors (Lipinski definition) is 2. The summed E-state index contributed by atoms with van der Waals surface area (Å²) in [6.07, 6.45) is 11.5. The topological polar surface area (TPSA) is 86.4 Å². The molecule has 184 valence electrons. The first kappa shape index (κ1) is 21.5. The largest absolute Gasteiger partial charge is 0.504 e. The highest BCUT2D eigenvalue weighted by atomic mass is 16.5. The van der Waals surface area contributed by atoms with Crippen molar-refractivity contribution in [1.29, 1.82) is 0 Å². The van der Waals surface area contributed by atoms with Crippen LogP contribution in [0.4, 0.5) is 0 Å². The third-order valence-corrected chi connectivity index (χ3v) is 9.54. The fraction of sp³-hybridized carbons (Fsp3) is 0.536. The number of nitrogens with zero attached hydrogens (tertiary/aromatic N) is 2. The normalized spacial score (nSPS) is 35.1. The van der Waals surface area contributed by atoms with Crippen molar-refractivity contribution in [2.75, 3.05) is 20.1 Å². The number of rotatable bonds is 5. The summed E-state index contributed by atoms with van der Waals surface area (Å²) in [6, 6.07) is 5.38. The van der Waals surface area contributed by atoms with Crippen LogP contribution in [0.15, 0.2) is 41.2 Å². The van der Waals surface area contributed by atoms with Crippen LogP contribution in [-0.4, -0.2) is 69.8 Å². The lowest BCUT2D eigenvalue weighted by atomic mass is 9.48. The zero-order valence-corrected chi connectivity index (χ0v) is 20.0. The number of amides is 1. The van der Waals surface area contributed by atoms with Gasteiger partial charge in [-0.05, 0) is 74.8 Å². The molecule has 2 N–H and O–H groups in total. The second kappa shape index (κ2) is 7.37. The summed E-state index contributed by atoms with van der Waals surface area (Å²) in [7, 11) is 1.82. The number of benzene rings is 1. The van der Waals surface area contributed by atoms with Crippen LogP contribution in [0.25, 0.3) is 6.08 Å². The van der Waals surface area contributed by atoms with E-state index in [-0.39, 0.29) is 23.7 Å². The molecule has 1 spiro atoms. The molecule has 3 unspecified atom stereocenters. The van der Waals surface area contributed by atoms with E-state index in [4.69, 9.17) is 9.15 Å². The van der Waals surface area contributed by atoms with Gasteiger partial charge in [0.2, 0.25) is 5.91 Å². The number of hydrogen-bond acceptors (Lipinski definition) is 6. The Morgan fingerprint density at radius 2 is 2.11 bits per heavy atom. The van der Waals surface area contributed by atoms with Crippen molar-refractivity contribution in [3.8, 4) is 11.5 Å². The number of ether oxygens (including phenoxy) is 1. The number of phenolic OH excluding ortho intramolecular Hbond substituents is 1. The van der Waals surface area contributed by atoms with Crippen molar-refractivity contribution < 1.29 is 24.2 Å². The molecule has 5 aliphatic rings. The number of likely N-dealkylation sites (tertiary alicyclic amines) is 1. The van der Waals surface area contributed by atoms with Gasteiger partial charge in [0.25, 0.3) is 0 Å². The van der Waals surface area contributed by atoms with Crippen LogP contribution < -0.4 is 4.74 Å². The third kappa shape index (κ3) is 2.88. The van der Waals surface area contributed by atoms with Crippen LogP contribution in [0.2, 0.25) is 0 Å². The summed E-state index contributed by atoms with van der Waals surface area (Å²) in [5.41, 5.74) is 1.44. The van der Waals surface area contributed by atoms with Gasteiger partial charge >= 0.3 is 0 Å². The zero-order chi connectivity index (χ0) is 23.9. The Morgan fingerprint density at radius 3 is 2.89 bits per heavy atom. The number of carbonyl (C=O) groups excluding carboxylic acids is 1. The minimum Gasteiger partial charge on any atom is -0.504 e. The first-order valence-corrected chi connectivity index (χ1v) is 12.9. The molecule has 7 heteroatoms. The molecule has 1 saturated heterocycles. The predicted molar refractivity (Wildman–Crippen MR) is 129 cm³/mol. The molecule has 3 fully saturated rings. The number of likely N-dealkylation sites (N-methyl/N-ethyl adjacent to an activating group) is 1. The molecule has 3 aliphatic carbocycles. The van der Waals surface area contributed by atoms with E-state index in [1.807, 2.05) is 19.2 Å². The summed E-state index contributed by atoms with van der Waals surface area (Å²) in [6.45, 7) is 1.96. The molecule has 7 rings (SSSR count). The molecule has 35 heavy (non-hydrogen) atoms. The standard InChI is InChI=1S/C28H32N2O5/c1-29(23(32)7-4-18-9-13-34-16-18)20-8-10-28(33)22-14-19-5-6-21(31)25-24(19)27(28,26(20)35-25)11-12-30(22)15-17-2-3-17/h4-7,9,13,16-17,20,22,26,31,33H,2-3,8,10-12,14-15H2,1H3/t20?,22?,26?,27-,28+/m0/s1. The highest BCUT2D eigenvalue weighted by molar-refractivity contribution is 5.91. The van der Waals surface area contributed by atoms with Crippen molar-refractivity contribution in [1.82, 2.24) is 9.80 Å². The van der Waals surface area contributed by atoms with Crippen molar-refractivity contribution in [2.45, 2.75) is 67.7 Å². The zero-order valence-electron chi connectivity index (χ0n) is 20.0. The smallest absolute Gasteiger partial charge is 0.246 e. The predicted octanol–water partition coefficient (Wildman–Crippen LogP) is 3.09. The third-order valence-electron chi connectivity index (χ3n) is 9.54. The first-order chi connectivity index (χ1) is 16.9. The van der Waals surface area contributed by atoms with E-state index in [0.29, 0.717) is 18.6 Å². The molecular weight excluding hydrogens is 444 g/mol. The second-order valence-corrected chi connectivity index (χ2v) is 11.2. The Labute approximate surface area is 205 Å². The minimum atomic E-state index is -0.941. The summed E-state index contributed by atoms with van der Waals surface area (Å²) in [5.74, 6) is 1.28. The number of carbonyl (C=O) groups is 1. The van der Waals surface area contributed by atoms with E-state index in [1.54, 1.807) is 35.6 Å². The van der Waals surface area contributed by atoms with Crippen LogP contribution in [0, 0.1) is 5.92 Å². The Bertz CT molecular complexity index is 1200. The Hall–Kier alpha value is -2.77. The van der Waals surface area contributed by atoms with E-state index >= 15 is 0 Å². The van der Waals surface area contributed by atoms with Crippen molar-refractivity contribution >= 4 is 12.0 Å². The summed E-state index contributed by atoms with van der Waals surface area (Å²) < 4.78 is 11.7. The van der Waals surface area contributed by atoms with Crippen LogP contribution in [-0.2, 0) is 16.6 Å². The minimum absolute atomic E-state index is 0.0360. The molecule has 7 nitrogen and oxygen atoms in total. The number of piperidine rings is 1. The number of aromatic hydroxyl groups is 1. The average Bonchev–Trinajstić information content (AvgIpc) is 3.36.